The predicted molar refractivity (Wildman–Crippen MR) is 65.3 cm³/mol. The van der Waals surface area contributed by atoms with Crippen molar-refractivity contribution in [1.82, 2.24) is 4.90 Å². The predicted octanol–water partition coefficient (Wildman–Crippen LogP) is 3.73. The summed E-state index contributed by atoms with van der Waals surface area (Å²) < 4.78 is 40.6. The van der Waals surface area contributed by atoms with Gasteiger partial charge >= 0.3 is 0 Å². The van der Waals surface area contributed by atoms with E-state index in [1.54, 1.807) is 6.92 Å². The minimum absolute atomic E-state index is 0.153. The highest BCUT2D eigenvalue weighted by atomic mass is 19.1. The molecular formula is C14H14F3N. The molecule has 2 rings (SSSR count). The van der Waals surface area contributed by atoms with E-state index in [4.69, 9.17) is 0 Å². The lowest BCUT2D eigenvalue weighted by molar-refractivity contribution is 0.445. The van der Waals surface area contributed by atoms with Crippen LogP contribution in [0.15, 0.2) is 29.9 Å². The first-order valence-corrected chi connectivity index (χ1v) is 5.82. The van der Waals surface area contributed by atoms with Crippen LogP contribution in [0.5, 0.6) is 0 Å². The fourth-order valence-corrected chi connectivity index (χ4v) is 2.19. The van der Waals surface area contributed by atoms with Crippen LogP contribution in [0.25, 0.3) is 5.70 Å². The molecule has 0 amide bonds. The standard InChI is InChI=1S/C14H14F3N/c1-3-18-6-4-5-9(2)14(18)13-11(16)7-10(15)8-12(13)17/h4-5,7-8H,3,6H2,1-2H3. The quantitative estimate of drug-likeness (QED) is 0.776. The summed E-state index contributed by atoms with van der Waals surface area (Å²) in [4.78, 5) is 1.86. The Hall–Kier alpha value is -1.71. The summed E-state index contributed by atoms with van der Waals surface area (Å²) in [6, 6.07) is 1.43. The van der Waals surface area contributed by atoms with Crippen LogP contribution in [-0.2, 0) is 0 Å². The van der Waals surface area contributed by atoms with Gasteiger partial charge < -0.3 is 4.90 Å². The lowest BCUT2D eigenvalue weighted by atomic mass is 10.0. The Labute approximate surface area is 104 Å². The molecule has 4 heteroatoms. The third-order valence-electron chi connectivity index (χ3n) is 3.01. The van der Waals surface area contributed by atoms with Gasteiger partial charge in [-0.2, -0.15) is 0 Å². The van der Waals surface area contributed by atoms with E-state index < -0.39 is 17.5 Å². The second kappa shape index (κ2) is 4.88. The highest BCUT2D eigenvalue weighted by Crippen LogP contribution is 2.31. The van der Waals surface area contributed by atoms with E-state index in [1.807, 2.05) is 24.0 Å². The van der Waals surface area contributed by atoms with E-state index >= 15 is 0 Å². The summed E-state index contributed by atoms with van der Waals surface area (Å²) in [6.45, 7) is 4.92. The van der Waals surface area contributed by atoms with Gasteiger partial charge in [-0.15, -0.1) is 0 Å². The second-order valence-electron chi connectivity index (χ2n) is 4.22. The molecule has 0 atom stereocenters. The molecule has 1 heterocycles. The van der Waals surface area contributed by atoms with Crippen LogP contribution >= 0.6 is 0 Å². The van der Waals surface area contributed by atoms with Crippen LogP contribution in [0.1, 0.15) is 19.4 Å². The summed E-state index contributed by atoms with van der Waals surface area (Å²) >= 11 is 0. The number of rotatable bonds is 2. The zero-order chi connectivity index (χ0) is 13.3. The van der Waals surface area contributed by atoms with Crippen LogP contribution < -0.4 is 0 Å². The van der Waals surface area contributed by atoms with E-state index in [2.05, 4.69) is 0 Å². The Morgan fingerprint density at radius 3 is 2.33 bits per heavy atom. The fourth-order valence-electron chi connectivity index (χ4n) is 2.19. The number of halogens is 3. The first-order chi connectivity index (χ1) is 8.54. The van der Waals surface area contributed by atoms with Gasteiger partial charge in [-0.1, -0.05) is 12.2 Å². The molecule has 1 aromatic carbocycles. The topological polar surface area (TPSA) is 3.24 Å². The smallest absolute Gasteiger partial charge is 0.138 e. The summed E-state index contributed by atoms with van der Waals surface area (Å²) in [6.07, 6.45) is 3.76. The van der Waals surface area contributed by atoms with Crippen molar-refractivity contribution in [2.45, 2.75) is 13.8 Å². The molecule has 96 valence electrons. The van der Waals surface area contributed by atoms with Crippen molar-refractivity contribution in [2.75, 3.05) is 13.1 Å². The highest BCUT2D eigenvalue weighted by molar-refractivity contribution is 5.71. The van der Waals surface area contributed by atoms with E-state index in [9.17, 15) is 13.2 Å². The van der Waals surface area contributed by atoms with Crippen molar-refractivity contribution < 1.29 is 13.2 Å². The minimum Gasteiger partial charge on any atom is -0.367 e. The Kier molecular flexibility index (Phi) is 3.45. The molecule has 0 aliphatic carbocycles. The van der Waals surface area contributed by atoms with Gasteiger partial charge in [0.2, 0.25) is 0 Å². The van der Waals surface area contributed by atoms with Gasteiger partial charge in [0, 0.05) is 25.2 Å². The summed E-state index contributed by atoms with van der Waals surface area (Å²) in [7, 11) is 0. The van der Waals surface area contributed by atoms with Gasteiger partial charge in [-0.05, 0) is 19.4 Å². The van der Waals surface area contributed by atoms with Gasteiger partial charge in [-0.3, -0.25) is 0 Å². The van der Waals surface area contributed by atoms with Crippen molar-refractivity contribution in [1.29, 1.82) is 0 Å². The minimum atomic E-state index is -0.901. The molecule has 0 spiro atoms. The zero-order valence-electron chi connectivity index (χ0n) is 10.3. The Morgan fingerprint density at radius 2 is 1.78 bits per heavy atom. The maximum atomic E-state index is 13.8. The van der Waals surface area contributed by atoms with Gasteiger partial charge in [0.05, 0.1) is 11.3 Å². The monoisotopic (exact) mass is 253 g/mol. The Balaban J connectivity index is 2.63. The van der Waals surface area contributed by atoms with Crippen molar-refractivity contribution in [3.8, 4) is 0 Å². The van der Waals surface area contributed by atoms with Crippen molar-refractivity contribution >= 4 is 5.70 Å². The molecule has 1 aromatic rings. The van der Waals surface area contributed by atoms with Crippen LogP contribution in [-0.4, -0.2) is 18.0 Å². The zero-order valence-corrected chi connectivity index (χ0v) is 10.3. The van der Waals surface area contributed by atoms with E-state index in [1.165, 1.54) is 0 Å². The molecule has 0 fully saturated rings. The lowest BCUT2D eigenvalue weighted by Crippen LogP contribution is -2.26. The summed E-state index contributed by atoms with van der Waals surface area (Å²) in [5, 5.41) is 0. The molecule has 1 nitrogen and oxygen atoms in total. The lowest BCUT2D eigenvalue weighted by Gasteiger charge is -2.29. The van der Waals surface area contributed by atoms with Crippen LogP contribution in [0, 0.1) is 17.5 Å². The number of likely N-dealkylation sites (N-methyl/N-ethyl adjacent to an activating group) is 1. The van der Waals surface area contributed by atoms with E-state index in [-0.39, 0.29) is 5.56 Å². The van der Waals surface area contributed by atoms with Crippen LogP contribution in [0.3, 0.4) is 0 Å². The molecular weight excluding hydrogens is 239 g/mol. The molecule has 0 aromatic heterocycles. The Morgan fingerprint density at radius 1 is 1.17 bits per heavy atom. The third kappa shape index (κ3) is 2.15. The molecule has 0 saturated heterocycles. The van der Waals surface area contributed by atoms with Gasteiger partial charge in [-0.25, -0.2) is 13.2 Å². The third-order valence-corrected chi connectivity index (χ3v) is 3.01. The number of hydrogen-bond donors (Lipinski definition) is 0. The first-order valence-electron chi connectivity index (χ1n) is 5.82. The molecule has 0 radical (unpaired) electrons. The van der Waals surface area contributed by atoms with Crippen molar-refractivity contribution in [3.05, 3.63) is 52.9 Å². The average Bonchev–Trinajstić information content (AvgIpc) is 2.29. The van der Waals surface area contributed by atoms with E-state index in [0.29, 0.717) is 30.9 Å². The fraction of sp³-hybridized carbons (Fsp3) is 0.286. The van der Waals surface area contributed by atoms with Crippen molar-refractivity contribution in [2.24, 2.45) is 0 Å². The van der Waals surface area contributed by atoms with Crippen molar-refractivity contribution in [3.63, 3.8) is 0 Å². The molecule has 1 aliphatic heterocycles. The SMILES string of the molecule is CCN1CC=CC(C)=C1c1c(F)cc(F)cc1F. The molecule has 0 N–H and O–H groups in total. The van der Waals surface area contributed by atoms with E-state index in [0.717, 1.165) is 5.57 Å². The summed E-state index contributed by atoms with van der Waals surface area (Å²) in [5.41, 5.74) is 1.11. The number of hydrogen-bond acceptors (Lipinski definition) is 1. The molecule has 18 heavy (non-hydrogen) atoms. The molecule has 1 aliphatic rings. The summed E-state index contributed by atoms with van der Waals surface area (Å²) in [5.74, 6) is -2.63. The van der Waals surface area contributed by atoms with Crippen LogP contribution in [0.2, 0.25) is 0 Å². The first kappa shape index (κ1) is 12.7. The number of allylic oxidation sites excluding steroid dienone is 2. The average molecular weight is 253 g/mol. The maximum Gasteiger partial charge on any atom is 0.138 e. The molecule has 0 saturated carbocycles. The number of nitrogens with zero attached hydrogens (tertiary/aromatic N) is 1. The Bertz CT molecular complexity index is 509. The second-order valence-corrected chi connectivity index (χ2v) is 4.22. The molecule has 0 bridgehead atoms. The van der Waals surface area contributed by atoms with Gasteiger partial charge in [0.1, 0.15) is 17.5 Å². The normalized spacial score (nSPS) is 15.5. The van der Waals surface area contributed by atoms with Crippen LogP contribution in [0.4, 0.5) is 13.2 Å². The largest absolute Gasteiger partial charge is 0.367 e. The molecule has 0 unspecified atom stereocenters. The van der Waals surface area contributed by atoms with Gasteiger partial charge in [0.25, 0.3) is 0 Å². The maximum absolute atomic E-state index is 13.8. The number of benzene rings is 1. The highest BCUT2D eigenvalue weighted by Gasteiger charge is 2.22. The van der Waals surface area contributed by atoms with Gasteiger partial charge in [0.15, 0.2) is 0 Å².